The predicted octanol–water partition coefficient (Wildman–Crippen LogP) is 4.92. The third kappa shape index (κ3) is 3.44. The van der Waals surface area contributed by atoms with Crippen molar-refractivity contribution in [1.82, 2.24) is 0 Å². The zero-order valence-electron chi connectivity index (χ0n) is 14.4. The van der Waals surface area contributed by atoms with E-state index in [-0.39, 0.29) is 21.1 Å². The Labute approximate surface area is 157 Å². The van der Waals surface area contributed by atoms with Gasteiger partial charge >= 0.3 is 10.0 Å². The van der Waals surface area contributed by atoms with Crippen molar-refractivity contribution in [1.29, 1.82) is 0 Å². The van der Waals surface area contributed by atoms with Gasteiger partial charge in [-0.15, -0.1) is 0 Å². The number of nitro groups is 2. The Morgan fingerprint density at radius 2 is 1.04 bits per heavy atom. The van der Waals surface area contributed by atoms with Gasteiger partial charge in [0.1, 0.15) is 11.5 Å². The van der Waals surface area contributed by atoms with Gasteiger partial charge in [0.2, 0.25) is 0 Å². The fourth-order valence-corrected chi connectivity index (χ4v) is 3.69. The van der Waals surface area contributed by atoms with Crippen LogP contribution in [-0.4, -0.2) is 24.1 Å². The highest BCUT2D eigenvalue weighted by Crippen LogP contribution is 2.51. The zero-order chi connectivity index (χ0) is 19.6. The maximum absolute atomic E-state index is 11.6. The molecule has 1 aromatic heterocycles. The Bertz CT molecular complexity index is 916. The summed E-state index contributed by atoms with van der Waals surface area (Å²) in [6, 6.07) is 13.2. The van der Waals surface area contributed by atoms with Crippen molar-refractivity contribution in [3.63, 3.8) is 0 Å². The van der Waals surface area contributed by atoms with Crippen molar-refractivity contribution in [2.45, 2.75) is 0 Å². The van der Waals surface area contributed by atoms with Crippen LogP contribution >= 0.6 is 11.3 Å². The molecule has 0 radical (unpaired) electrons. The number of hydrogen-bond acceptors (Lipinski definition) is 7. The van der Waals surface area contributed by atoms with E-state index in [4.69, 9.17) is 9.47 Å². The van der Waals surface area contributed by atoms with Gasteiger partial charge in [-0.05, 0) is 35.4 Å². The van der Waals surface area contributed by atoms with Gasteiger partial charge in [-0.1, -0.05) is 24.3 Å². The molecular weight excluding hydrogens is 372 g/mol. The fourth-order valence-electron chi connectivity index (χ4n) is 2.72. The van der Waals surface area contributed by atoms with Crippen LogP contribution in [0.15, 0.2) is 48.5 Å². The highest BCUT2D eigenvalue weighted by atomic mass is 32.1. The molecule has 0 bridgehead atoms. The summed E-state index contributed by atoms with van der Waals surface area (Å²) >= 11 is 0.551. The summed E-state index contributed by atoms with van der Waals surface area (Å²) in [4.78, 5) is 22.0. The van der Waals surface area contributed by atoms with Crippen LogP contribution in [0.5, 0.6) is 11.5 Å². The van der Waals surface area contributed by atoms with Gasteiger partial charge in [0, 0.05) is 11.3 Å². The first-order chi connectivity index (χ1) is 13.0. The number of rotatable bonds is 6. The molecule has 0 aliphatic rings. The van der Waals surface area contributed by atoms with Crippen molar-refractivity contribution in [3.8, 4) is 33.8 Å². The van der Waals surface area contributed by atoms with E-state index in [2.05, 4.69) is 0 Å². The van der Waals surface area contributed by atoms with E-state index < -0.39 is 9.85 Å². The second kappa shape index (κ2) is 7.42. The average molecular weight is 386 g/mol. The van der Waals surface area contributed by atoms with E-state index in [1.54, 1.807) is 48.5 Å². The maximum atomic E-state index is 11.6. The lowest BCUT2D eigenvalue weighted by Crippen LogP contribution is -1.91. The van der Waals surface area contributed by atoms with E-state index in [0.717, 1.165) is 0 Å². The lowest BCUT2D eigenvalue weighted by molar-refractivity contribution is -0.382. The molecule has 3 aromatic rings. The van der Waals surface area contributed by atoms with E-state index >= 15 is 0 Å². The molecule has 2 aromatic carbocycles. The number of thiophene rings is 1. The second-order valence-electron chi connectivity index (χ2n) is 5.43. The maximum Gasteiger partial charge on any atom is 0.338 e. The molecule has 0 N–H and O–H groups in total. The van der Waals surface area contributed by atoms with Crippen LogP contribution in [0.3, 0.4) is 0 Å². The minimum Gasteiger partial charge on any atom is -0.497 e. The molecular formula is C18H14N2O6S. The van der Waals surface area contributed by atoms with E-state index in [9.17, 15) is 20.2 Å². The quantitative estimate of drug-likeness (QED) is 0.440. The summed E-state index contributed by atoms with van der Waals surface area (Å²) in [7, 11) is 3.02. The summed E-state index contributed by atoms with van der Waals surface area (Å²) in [5.74, 6) is 1.16. The normalized spacial score (nSPS) is 10.4. The van der Waals surface area contributed by atoms with Crippen molar-refractivity contribution in [3.05, 3.63) is 68.8 Å². The molecule has 0 saturated heterocycles. The minimum atomic E-state index is -0.593. The first-order valence-corrected chi connectivity index (χ1v) is 8.52. The first-order valence-electron chi connectivity index (χ1n) is 7.70. The third-order valence-electron chi connectivity index (χ3n) is 3.96. The second-order valence-corrected chi connectivity index (χ2v) is 6.41. The van der Waals surface area contributed by atoms with Crippen LogP contribution in [0.25, 0.3) is 22.3 Å². The Hall–Kier alpha value is -3.46. The molecule has 0 aliphatic carbocycles. The minimum absolute atomic E-state index is 0.213. The summed E-state index contributed by atoms with van der Waals surface area (Å²) in [5, 5.41) is 22.6. The highest BCUT2D eigenvalue weighted by Gasteiger charge is 2.34. The average Bonchev–Trinajstić information content (AvgIpc) is 3.09. The van der Waals surface area contributed by atoms with Crippen molar-refractivity contribution < 1.29 is 19.3 Å². The van der Waals surface area contributed by atoms with Gasteiger partial charge in [0.05, 0.1) is 35.2 Å². The molecule has 0 unspecified atom stereocenters. The molecule has 0 aliphatic heterocycles. The van der Waals surface area contributed by atoms with Crippen LogP contribution in [0.2, 0.25) is 0 Å². The summed E-state index contributed by atoms with van der Waals surface area (Å²) in [5.41, 5.74) is 1.42. The molecule has 0 amide bonds. The monoisotopic (exact) mass is 386 g/mol. The van der Waals surface area contributed by atoms with Crippen molar-refractivity contribution in [2.24, 2.45) is 0 Å². The Morgan fingerprint density at radius 3 is 1.30 bits per heavy atom. The smallest absolute Gasteiger partial charge is 0.338 e. The molecule has 3 rings (SSSR count). The summed E-state index contributed by atoms with van der Waals surface area (Å²) < 4.78 is 10.2. The van der Waals surface area contributed by atoms with Gasteiger partial charge < -0.3 is 9.47 Å². The number of nitrogens with zero attached hydrogens (tertiary/aromatic N) is 2. The van der Waals surface area contributed by atoms with Crippen LogP contribution in [0.1, 0.15) is 0 Å². The number of methoxy groups -OCH3 is 2. The van der Waals surface area contributed by atoms with Gasteiger partial charge in [-0.25, -0.2) is 0 Å². The van der Waals surface area contributed by atoms with Gasteiger partial charge in [-0.3, -0.25) is 20.2 Å². The first kappa shape index (κ1) is 18.3. The largest absolute Gasteiger partial charge is 0.497 e. The Kier molecular flexibility index (Phi) is 5.04. The lowest BCUT2D eigenvalue weighted by atomic mass is 9.97. The molecule has 27 heavy (non-hydrogen) atoms. The van der Waals surface area contributed by atoms with Crippen LogP contribution in [0.4, 0.5) is 10.0 Å². The molecule has 0 fully saturated rings. The van der Waals surface area contributed by atoms with Gasteiger partial charge in [-0.2, -0.15) is 0 Å². The molecule has 138 valence electrons. The molecule has 9 heteroatoms. The Morgan fingerprint density at radius 1 is 0.704 bits per heavy atom. The zero-order valence-corrected chi connectivity index (χ0v) is 15.2. The molecule has 0 atom stereocenters. The molecule has 8 nitrogen and oxygen atoms in total. The van der Waals surface area contributed by atoms with Crippen LogP contribution < -0.4 is 9.47 Å². The third-order valence-corrected chi connectivity index (χ3v) is 5.05. The SMILES string of the molecule is COc1ccc(-c2c([N+](=O)[O-])sc([N+](=O)[O-])c2-c2ccc(OC)cc2)cc1. The molecule has 1 heterocycles. The number of hydrogen-bond donors (Lipinski definition) is 0. The van der Waals surface area contributed by atoms with Gasteiger partial charge in [0.15, 0.2) is 0 Å². The standard InChI is InChI=1S/C18H14N2O6S/c1-25-13-7-3-11(4-8-13)15-16(12-5-9-14(26-2)10-6-12)18(20(23)24)27-17(15)19(21)22/h3-10H,1-2H3. The van der Waals surface area contributed by atoms with E-state index in [1.165, 1.54) is 14.2 Å². The van der Waals surface area contributed by atoms with Crippen molar-refractivity contribution in [2.75, 3.05) is 14.2 Å². The Balaban J connectivity index is 2.30. The van der Waals surface area contributed by atoms with E-state index in [0.29, 0.717) is 34.0 Å². The fraction of sp³-hybridized carbons (Fsp3) is 0.111. The number of benzene rings is 2. The van der Waals surface area contributed by atoms with Crippen LogP contribution in [-0.2, 0) is 0 Å². The number of ether oxygens (including phenoxy) is 2. The lowest BCUT2D eigenvalue weighted by Gasteiger charge is -2.07. The van der Waals surface area contributed by atoms with Gasteiger partial charge in [0.25, 0.3) is 0 Å². The van der Waals surface area contributed by atoms with E-state index in [1.807, 2.05) is 0 Å². The highest BCUT2D eigenvalue weighted by molar-refractivity contribution is 7.19. The van der Waals surface area contributed by atoms with Crippen LogP contribution in [0, 0.1) is 20.2 Å². The topological polar surface area (TPSA) is 105 Å². The molecule has 0 spiro atoms. The van der Waals surface area contributed by atoms with Crippen molar-refractivity contribution >= 4 is 21.3 Å². The summed E-state index contributed by atoms with van der Waals surface area (Å²) in [6.07, 6.45) is 0. The molecule has 0 saturated carbocycles. The summed E-state index contributed by atoms with van der Waals surface area (Å²) in [6.45, 7) is 0. The predicted molar refractivity (Wildman–Crippen MR) is 102 cm³/mol.